The number of hydrogen-bond acceptors (Lipinski definition) is 4. The summed E-state index contributed by atoms with van der Waals surface area (Å²) >= 11 is 0. The van der Waals surface area contributed by atoms with Gasteiger partial charge in [0.25, 0.3) is 0 Å². The first-order valence-corrected chi connectivity index (χ1v) is 4.94. The van der Waals surface area contributed by atoms with Gasteiger partial charge in [-0.2, -0.15) is 0 Å². The Morgan fingerprint density at radius 1 is 1.53 bits per heavy atom. The number of imidazole rings is 1. The highest BCUT2D eigenvalue weighted by atomic mass is 16.5. The number of aromatic nitrogens is 3. The fourth-order valence-electron chi connectivity index (χ4n) is 1.38. The molecule has 2 aromatic heterocycles. The second kappa shape index (κ2) is 4.75. The number of nitrogens with one attached hydrogen (secondary N) is 1. The average Bonchev–Trinajstić information content (AvgIpc) is 2.85. The van der Waals surface area contributed by atoms with Crippen molar-refractivity contribution in [1.82, 2.24) is 20.0 Å². The summed E-state index contributed by atoms with van der Waals surface area (Å²) in [7, 11) is 0. The van der Waals surface area contributed by atoms with Crippen LogP contribution in [-0.2, 0) is 13.1 Å². The topological polar surface area (TPSA) is 55.9 Å². The molecular formula is C10H14N4O. The normalized spacial score (nSPS) is 10.7. The molecule has 1 N–H and O–H groups in total. The van der Waals surface area contributed by atoms with Gasteiger partial charge in [-0.05, 0) is 6.92 Å². The Kier molecular flexibility index (Phi) is 3.14. The van der Waals surface area contributed by atoms with Crippen molar-refractivity contribution in [2.75, 3.05) is 6.54 Å². The quantitative estimate of drug-likeness (QED) is 0.740. The highest BCUT2D eigenvalue weighted by molar-refractivity contribution is 4.94. The van der Waals surface area contributed by atoms with Crippen molar-refractivity contribution in [3.8, 4) is 0 Å². The lowest BCUT2D eigenvalue weighted by Crippen LogP contribution is -2.19. The van der Waals surface area contributed by atoms with Crippen LogP contribution in [0.15, 0.2) is 29.2 Å². The number of rotatable bonds is 5. The highest BCUT2D eigenvalue weighted by Crippen LogP contribution is 1.95. The second-order valence-electron chi connectivity index (χ2n) is 3.34. The van der Waals surface area contributed by atoms with Gasteiger partial charge >= 0.3 is 0 Å². The molecule has 15 heavy (non-hydrogen) atoms. The van der Waals surface area contributed by atoms with E-state index in [2.05, 4.69) is 20.0 Å². The summed E-state index contributed by atoms with van der Waals surface area (Å²) in [6, 6.07) is 1.86. The molecular weight excluding hydrogens is 192 g/mol. The van der Waals surface area contributed by atoms with Crippen LogP contribution in [0.2, 0.25) is 0 Å². The molecule has 0 aliphatic carbocycles. The second-order valence-corrected chi connectivity index (χ2v) is 3.34. The van der Waals surface area contributed by atoms with Crippen LogP contribution in [0, 0.1) is 6.92 Å². The predicted molar refractivity (Wildman–Crippen MR) is 55.2 cm³/mol. The van der Waals surface area contributed by atoms with Crippen molar-refractivity contribution in [2.45, 2.75) is 20.0 Å². The number of hydrogen-bond donors (Lipinski definition) is 1. The van der Waals surface area contributed by atoms with E-state index in [0.717, 1.165) is 31.2 Å². The van der Waals surface area contributed by atoms with Gasteiger partial charge in [-0.3, -0.25) is 0 Å². The molecule has 0 saturated carbocycles. The fraction of sp³-hybridized carbons (Fsp3) is 0.400. The lowest BCUT2D eigenvalue weighted by Gasteiger charge is -2.05. The van der Waals surface area contributed by atoms with Crippen LogP contribution in [0.4, 0.5) is 0 Å². The first-order chi connectivity index (χ1) is 7.36. The third-order valence-corrected chi connectivity index (χ3v) is 2.25. The molecule has 0 aliphatic rings. The predicted octanol–water partition coefficient (Wildman–Crippen LogP) is 0.969. The molecule has 0 saturated heterocycles. The molecule has 0 aliphatic heterocycles. The Morgan fingerprint density at radius 3 is 3.13 bits per heavy atom. The van der Waals surface area contributed by atoms with Gasteiger partial charge in [0.05, 0.1) is 5.69 Å². The van der Waals surface area contributed by atoms with Gasteiger partial charge in [-0.15, -0.1) is 0 Å². The van der Waals surface area contributed by atoms with Gasteiger partial charge in [0.15, 0.2) is 0 Å². The molecule has 5 heteroatoms. The van der Waals surface area contributed by atoms with Gasteiger partial charge in [-0.1, -0.05) is 5.16 Å². The van der Waals surface area contributed by atoms with Gasteiger partial charge in [0.2, 0.25) is 0 Å². The van der Waals surface area contributed by atoms with Crippen molar-refractivity contribution >= 4 is 0 Å². The summed E-state index contributed by atoms with van der Waals surface area (Å²) in [4.78, 5) is 4.15. The summed E-state index contributed by atoms with van der Waals surface area (Å²) in [6.07, 6.45) is 5.37. The van der Waals surface area contributed by atoms with Crippen LogP contribution in [0.5, 0.6) is 0 Å². The van der Waals surface area contributed by atoms with E-state index >= 15 is 0 Å². The number of nitrogens with zero attached hydrogens (tertiary/aromatic N) is 3. The average molecular weight is 206 g/mol. The maximum Gasteiger partial charge on any atom is 0.124 e. The molecule has 2 aromatic rings. The summed E-state index contributed by atoms with van der Waals surface area (Å²) in [5.41, 5.74) is 0.928. The number of aryl methyl sites for hydroxylation is 1. The van der Waals surface area contributed by atoms with E-state index in [1.807, 2.05) is 25.4 Å². The molecule has 2 rings (SSSR count). The Bertz CT molecular complexity index is 393. The van der Waals surface area contributed by atoms with E-state index in [9.17, 15) is 0 Å². The van der Waals surface area contributed by atoms with Crippen LogP contribution in [0.3, 0.4) is 0 Å². The minimum atomic E-state index is 0.740. The molecule has 0 atom stereocenters. The molecule has 0 unspecified atom stereocenters. The molecule has 0 aromatic carbocycles. The van der Waals surface area contributed by atoms with Gasteiger partial charge in [-0.25, -0.2) is 4.98 Å². The van der Waals surface area contributed by atoms with Gasteiger partial charge < -0.3 is 14.4 Å². The van der Waals surface area contributed by atoms with Crippen molar-refractivity contribution < 1.29 is 4.52 Å². The van der Waals surface area contributed by atoms with Gasteiger partial charge in [0, 0.05) is 38.1 Å². The van der Waals surface area contributed by atoms with E-state index in [1.165, 1.54) is 0 Å². The van der Waals surface area contributed by atoms with Crippen molar-refractivity contribution in [2.24, 2.45) is 0 Å². The zero-order valence-corrected chi connectivity index (χ0v) is 8.68. The van der Waals surface area contributed by atoms with Crippen LogP contribution >= 0.6 is 0 Å². The first-order valence-electron chi connectivity index (χ1n) is 4.94. The van der Waals surface area contributed by atoms with E-state index in [1.54, 1.807) is 6.26 Å². The lowest BCUT2D eigenvalue weighted by atomic mass is 10.4. The fourth-order valence-corrected chi connectivity index (χ4v) is 1.38. The molecule has 0 bridgehead atoms. The largest absolute Gasteiger partial charge is 0.364 e. The SMILES string of the molecule is Cc1nccn1CCNCc1ccon1. The standard InChI is InChI=1S/C10H14N4O/c1-9-12-4-6-14(9)5-3-11-8-10-2-7-15-13-10/h2,4,6-7,11H,3,5,8H2,1H3. The minimum Gasteiger partial charge on any atom is -0.364 e. The molecule has 2 heterocycles. The van der Waals surface area contributed by atoms with Gasteiger partial charge in [0.1, 0.15) is 12.1 Å². The van der Waals surface area contributed by atoms with Crippen LogP contribution in [-0.4, -0.2) is 21.3 Å². The molecule has 5 nitrogen and oxygen atoms in total. The van der Waals surface area contributed by atoms with Crippen LogP contribution < -0.4 is 5.32 Å². The molecule has 80 valence electrons. The Labute approximate surface area is 88.1 Å². The van der Waals surface area contributed by atoms with Crippen molar-refractivity contribution in [3.63, 3.8) is 0 Å². The Balaban J connectivity index is 1.70. The van der Waals surface area contributed by atoms with Crippen LogP contribution in [0.1, 0.15) is 11.5 Å². The van der Waals surface area contributed by atoms with Crippen molar-refractivity contribution in [3.05, 3.63) is 36.2 Å². The third kappa shape index (κ3) is 2.66. The highest BCUT2D eigenvalue weighted by Gasteiger charge is 1.97. The van der Waals surface area contributed by atoms with Crippen molar-refractivity contribution in [1.29, 1.82) is 0 Å². The van der Waals surface area contributed by atoms with E-state index < -0.39 is 0 Å². The lowest BCUT2D eigenvalue weighted by molar-refractivity contribution is 0.408. The maximum absolute atomic E-state index is 4.73. The summed E-state index contributed by atoms with van der Waals surface area (Å²) in [6.45, 7) is 4.55. The monoisotopic (exact) mass is 206 g/mol. The Hall–Kier alpha value is -1.62. The van der Waals surface area contributed by atoms with E-state index in [4.69, 9.17) is 4.52 Å². The maximum atomic E-state index is 4.73. The Morgan fingerprint density at radius 2 is 2.47 bits per heavy atom. The molecule has 0 fully saturated rings. The van der Waals surface area contributed by atoms with Crippen LogP contribution in [0.25, 0.3) is 0 Å². The minimum absolute atomic E-state index is 0.740. The third-order valence-electron chi connectivity index (χ3n) is 2.25. The molecule has 0 spiro atoms. The summed E-state index contributed by atoms with van der Waals surface area (Å²) < 4.78 is 6.84. The summed E-state index contributed by atoms with van der Waals surface area (Å²) in [5.74, 6) is 1.04. The smallest absolute Gasteiger partial charge is 0.124 e. The first kappa shape index (κ1) is 9.92. The van der Waals surface area contributed by atoms with E-state index in [0.29, 0.717) is 0 Å². The van der Waals surface area contributed by atoms with E-state index in [-0.39, 0.29) is 0 Å². The zero-order chi connectivity index (χ0) is 10.5. The molecule has 0 radical (unpaired) electrons. The molecule has 0 amide bonds. The zero-order valence-electron chi connectivity index (χ0n) is 8.68. The summed E-state index contributed by atoms with van der Waals surface area (Å²) in [5, 5.41) is 7.09.